The highest BCUT2D eigenvalue weighted by molar-refractivity contribution is 5.18. The SMILES string of the molecule is CCCC[C@@H]1O[C@@]12C[C@@H]2C. The van der Waals surface area contributed by atoms with Gasteiger partial charge in [0.05, 0.1) is 11.7 Å². The van der Waals surface area contributed by atoms with Crippen molar-refractivity contribution in [3.05, 3.63) is 0 Å². The molecule has 1 aliphatic carbocycles. The first-order chi connectivity index (χ1) is 4.79. The number of hydrogen-bond acceptors (Lipinski definition) is 1. The van der Waals surface area contributed by atoms with Crippen LogP contribution in [-0.4, -0.2) is 11.7 Å². The van der Waals surface area contributed by atoms with Crippen molar-refractivity contribution >= 4 is 0 Å². The molecule has 0 unspecified atom stereocenters. The molecule has 10 heavy (non-hydrogen) atoms. The highest BCUT2D eigenvalue weighted by Gasteiger charge is 2.70. The summed E-state index contributed by atoms with van der Waals surface area (Å²) in [5.41, 5.74) is 0.426. The van der Waals surface area contributed by atoms with Gasteiger partial charge in [-0.1, -0.05) is 26.7 Å². The quantitative estimate of drug-likeness (QED) is 0.548. The van der Waals surface area contributed by atoms with Crippen LogP contribution in [0.15, 0.2) is 0 Å². The summed E-state index contributed by atoms with van der Waals surface area (Å²) in [7, 11) is 0. The highest BCUT2D eigenvalue weighted by atomic mass is 16.6. The molecule has 1 spiro atoms. The zero-order valence-corrected chi connectivity index (χ0v) is 6.89. The standard InChI is InChI=1S/C9H16O/c1-3-4-5-8-9(10-8)6-7(9)2/h7-8H,3-6H2,1-2H3/t7-,8-,9+/m0/s1. The van der Waals surface area contributed by atoms with Gasteiger partial charge in [0.1, 0.15) is 0 Å². The van der Waals surface area contributed by atoms with Crippen LogP contribution in [0.5, 0.6) is 0 Å². The van der Waals surface area contributed by atoms with Gasteiger partial charge in [0.25, 0.3) is 0 Å². The van der Waals surface area contributed by atoms with Crippen LogP contribution >= 0.6 is 0 Å². The summed E-state index contributed by atoms with van der Waals surface area (Å²) >= 11 is 0. The van der Waals surface area contributed by atoms with Crippen LogP contribution in [0.4, 0.5) is 0 Å². The fraction of sp³-hybridized carbons (Fsp3) is 1.00. The highest BCUT2D eigenvalue weighted by Crippen LogP contribution is 2.62. The fourth-order valence-corrected chi connectivity index (χ4v) is 1.96. The Morgan fingerprint density at radius 2 is 2.30 bits per heavy atom. The van der Waals surface area contributed by atoms with Crippen molar-refractivity contribution in [3.63, 3.8) is 0 Å². The molecule has 2 fully saturated rings. The summed E-state index contributed by atoms with van der Waals surface area (Å²) in [6.45, 7) is 4.54. The van der Waals surface area contributed by atoms with E-state index in [1.807, 2.05) is 0 Å². The van der Waals surface area contributed by atoms with Crippen LogP contribution in [-0.2, 0) is 4.74 Å². The Hall–Kier alpha value is -0.0400. The summed E-state index contributed by atoms with van der Waals surface area (Å²) in [5, 5.41) is 0. The molecule has 0 aromatic carbocycles. The summed E-state index contributed by atoms with van der Waals surface area (Å²) in [6.07, 6.45) is 5.95. The largest absolute Gasteiger partial charge is 0.366 e. The number of rotatable bonds is 3. The molecule has 0 amide bonds. The molecule has 3 atom stereocenters. The first kappa shape index (κ1) is 6.66. The van der Waals surface area contributed by atoms with E-state index in [0.717, 1.165) is 5.92 Å². The molecule has 1 aliphatic heterocycles. The zero-order chi connectivity index (χ0) is 7.19. The number of epoxide rings is 1. The Labute approximate surface area is 62.8 Å². The predicted molar refractivity (Wildman–Crippen MR) is 40.9 cm³/mol. The van der Waals surface area contributed by atoms with Crippen LogP contribution in [0.3, 0.4) is 0 Å². The van der Waals surface area contributed by atoms with Crippen molar-refractivity contribution < 1.29 is 4.74 Å². The number of unbranched alkanes of at least 4 members (excludes halogenated alkanes) is 1. The van der Waals surface area contributed by atoms with Gasteiger partial charge in [-0.3, -0.25) is 0 Å². The second-order valence-electron chi connectivity index (χ2n) is 3.81. The molecule has 0 bridgehead atoms. The lowest BCUT2D eigenvalue weighted by molar-refractivity contribution is 0.345. The summed E-state index contributed by atoms with van der Waals surface area (Å²) in [6, 6.07) is 0. The first-order valence-corrected chi connectivity index (χ1v) is 4.47. The summed E-state index contributed by atoms with van der Waals surface area (Å²) in [5.74, 6) is 0.870. The van der Waals surface area contributed by atoms with Crippen molar-refractivity contribution in [2.75, 3.05) is 0 Å². The van der Waals surface area contributed by atoms with E-state index in [1.54, 1.807) is 0 Å². The maximum Gasteiger partial charge on any atom is 0.0978 e. The maximum absolute atomic E-state index is 5.63. The van der Waals surface area contributed by atoms with Crippen LogP contribution < -0.4 is 0 Å². The van der Waals surface area contributed by atoms with Gasteiger partial charge < -0.3 is 4.74 Å². The average molecular weight is 140 g/mol. The van der Waals surface area contributed by atoms with E-state index in [9.17, 15) is 0 Å². The van der Waals surface area contributed by atoms with Crippen molar-refractivity contribution in [1.29, 1.82) is 0 Å². The van der Waals surface area contributed by atoms with Gasteiger partial charge >= 0.3 is 0 Å². The van der Waals surface area contributed by atoms with Gasteiger partial charge in [0, 0.05) is 0 Å². The van der Waals surface area contributed by atoms with E-state index in [-0.39, 0.29) is 0 Å². The van der Waals surface area contributed by atoms with Gasteiger partial charge in [0.15, 0.2) is 0 Å². The van der Waals surface area contributed by atoms with Crippen LogP contribution in [0.2, 0.25) is 0 Å². The molecule has 0 radical (unpaired) electrons. The molecule has 1 heterocycles. The second kappa shape index (κ2) is 1.97. The monoisotopic (exact) mass is 140 g/mol. The van der Waals surface area contributed by atoms with Crippen LogP contribution in [0, 0.1) is 5.92 Å². The normalized spacial score (nSPS) is 49.8. The Kier molecular flexibility index (Phi) is 1.31. The third kappa shape index (κ3) is 0.800. The number of ether oxygens (including phenoxy) is 1. The third-order valence-corrected chi connectivity index (χ3v) is 2.97. The van der Waals surface area contributed by atoms with Gasteiger partial charge in [-0.2, -0.15) is 0 Å². The van der Waals surface area contributed by atoms with E-state index >= 15 is 0 Å². The zero-order valence-electron chi connectivity index (χ0n) is 6.89. The molecule has 1 saturated carbocycles. The Morgan fingerprint density at radius 3 is 2.70 bits per heavy atom. The van der Waals surface area contributed by atoms with E-state index < -0.39 is 0 Å². The lowest BCUT2D eigenvalue weighted by Crippen LogP contribution is -1.94. The van der Waals surface area contributed by atoms with Crippen molar-refractivity contribution in [2.24, 2.45) is 5.92 Å². The van der Waals surface area contributed by atoms with Crippen molar-refractivity contribution in [2.45, 2.75) is 51.2 Å². The Bertz CT molecular complexity index is 144. The molecule has 58 valence electrons. The first-order valence-electron chi connectivity index (χ1n) is 4.47. The molecule has 1 heteroatoms. The second-order valence-corrected chi connectivity index (χ2v) is 3.81. The fourth-order valence-electron chi connectivity index (χ4n) is 1.96. The minimum Gasteiger partial charge on any atom is -0.366 e. The number of hydrogen-bond donors (Lipinski definition) is 0. The molecule has 1 saturated heterocycles. The van der Waals surface area contributed by atoms with Gasteiger partial charge in [0.2, 0.25) is 0 Å². The minimum atomic E-state index is 0.426. The molecule has 0 N–H and O–H groups in total. The molecular formula is C9H16O. The smallest absolute Gasteiger partial charge is 0.0978 e. The van der Waals surface area contributed by atoms with Crippen LogP contribution in [0.1, 0.15) is 39.5 Å². The molecule has 2 rings (SSSR count). The molecule has 0 aromatic heterocycles. The van der Waals surface area contributed by atoms with Crippen molar-refractivity contribution in [3.8, 4) is 0 Å². The van der Waals surface area contributed by atoms with E-state index in [2.05, 4.69) is 13.8 Å². The topological polar surface area (TPSA) is 12.5 Å². The molecular weight excluding hydrogens is 124 g/mol. The van der Waals surface area contributed by atoms with E-state index in [0.29, 0.717) is 11.7 Å². The van der Waals surface area contributed by atoms with Gasteiger partial charge in [-0.05, 0) is 18.8 Å². The Morgan fingerprint density at radius 1 is 1.60 bits per heavy atom. The Balaban J connectivity index is 1.71. The van der Waals surface area contributed by atoms with E-state index in [1.165, 1.54) is 25.7 Å². The lowest BCUT2D eigenvalue weighted by atomic mass is 10.1. The van der Waals surface area contributed by atoms with Crippen LogP contribution in [0.25, 0.3) is 0 Å². The summed E-state index contributed by atoms with van der Waals surface area (Å²) in [4.78, 5) is 0. The molecule has 2 aliphatic rings. The predicted octanol–water partition coefficient (Wildman–Crippen LogP) is 2.35. The molecule has 1 nitrogen and oxygen atoms in total. The lowest BCUT2D eigenvalue weighted by Gasteiger charge is -1.89. The summed E-state index contributed by atoms with van der Waals surface area (Å²) < 4.78 is 5.63. The maximum atomic E-state index is 5.63. The van der Waals surface area contributed by atoms with Gasteiger partial charge in [-0.25, -0.2) is 0 Å². The molecule has 0 aromatic rings. The van der Waals surface area contributed by atoms with E-state index in [4.69, 9.17) is 4.74 Å². The average Bonchev–Trinajstić information content (AvgIpc) is 2.74. The van der Waals surface area contributed by atoms with Crippen molar-refractivity contribution in [1.82, 2.24) is 0 Å². The van der Waals surface area contributed by atoms with Gasteiger partial charge in [-0.15, -0.1) is 0 Å². The minimum absolute atomic E-state index is 0.426. The third-order valence-electron chi connectivity index (χ3n) is 2.97.